The summed E-state index contributed by atoms with van der Waals surface area (Å²) < 4.78 is 6.36. The van der Waals surface area contributed by atoms with Crippen LogP contribution in [0.5, 0.6) is 5.75 Å². The molecular formula is C44H48N10O5. The molecule has 304 valence electrons. The van der Waals surface area contributed by atoms with E-state index in [0.717, 1.165) is 107 Å². The molecule has 5 aliphatic rings. The second-order valence-corrected chi connectivity index (χ2v) is 16.4. The Morgan fingerprint density at radius 3 is 2.41 bits per heavy atom. The molecule has 0 spiro atoms. The molecule has 1 saturated carbocycles. The number of ether oxygens (including phenoxy) is 1. The van der Waals surface area contributed by atoms with E-state index in [-0.39, 0.29) is 42.2 Å². The third-order valence-corrected chi connectivity index (χ3v) is 12.7. The molecule has 9 rings (SSSR count). The molecule has 59 heavy (non-hydrogen) atoms. The molecule has 4 amide bonds. The van der Waals surface area contributed by atoms with Gasteiger partial charge in [-0.1, -0.05) is 0 Å². The van der Waals surface area contributed by atoms with Crippen molar-refractivity contribution in [1.29, 1.82) is 5.26 Å². The van der Waals surface area contributed by atoms with Crippen LogP contribution in [0.2, 0.25) is 0 Å². The Hall–Kier alpha value is -6.14. The van der Waals surface area contributed by atoms with Gasteiger partial charge in [-0.15, -0.1) is 0 Å². The molecule has 0 radical (unpaired) electrons. The lowest BCUT2D eigenvalue weighted by Gasteiger charge is -2.39. The number of hydrogen-bond acceptors (Lipinski definition) is 12. The number of aromatic nitrogens is 3. The van der Waals surface area contributed by atoms with Crippen LogP contribution in [0.1, 0.15) is 83.2 Å². The van der Waals surface area contributed by atoms with Gasteiger partial charge in [-0.05, 0) is 98.9 Å². The summed E-state index contributed by atoms with van der Waals surface area (Å²) in [4.78, 5) is 72.6. The summed E-state index contributed by atoms with van der Waals surface area (Å²) >= 11 is 0. The fraction of sp³-hybridized carbons (Fsp3) is 0.455. The zero-order valence-corrected chi connectivity index (χ0v) is 33.0. The first-order valence-electron chi connectivity index (χ1n) is 20.9. The number of rotatable bonds is 9. The number of hydrogen-bond donors (Lipinski definition) is 2. The van der Waals surface area contributed by atoms with Crippen LogP contribution in [0, 0.1) is 17.2 Å². The first-order valence-corrected chi connectivity index (χ1v) is 20.9. The van der Waals surface area contributed by atoms with Crippen molar-refractivity contribution in [2.45, 2.75) is 76.1 Å². The standard InChI is InChI=1S/C44H48N10O5/c45-23-29-3-11-38(36-2-1-15-46-40(29)36)59-34-7-4-32(5-8-34)49-41(56)31-24-47-44(48-25-31)53-16-13-28(14-17-53)26-51-18-20-52(21-19-51)33-6-9-35-30(22-33)27-54(43(35)58)37-10-12-39(55)50-42(37)57/h1-3,6,9,11,15,22,24-25,28,32,34,37H,4-5,7-8,10,12-14,16-21,26-27H2,(H,49,56)(H,50,55,57)/t32-,34-,37-/m0/s1. The summed E-state index contributed by atoms with van der Waals surface area (Å²) in [6.07, 6.45) is 10.9. The topological polar surface area (TPSA) is 177 Å². The van der Waals surface area contributed by atoms with Crippen molar-refractivity contribution in [3.8, 4) is 11.8 Å². The second-order valence-electron chi connectivity index (χ2n) is 16.4. The predicted octanol–water partition coefficient (Wildman–Crippen LogP) is 3.82. The van der Waals surface area contributed by atoms with Crippen LogP contribution in [0.4, 0.5) is 11.6 Å². The van der Waals surface area contributed by atoms with Crippen molar-refractivity contribution >= 4 is 46.2 Å². The number of amides is 4. The van der Waals surface area contributed by atoms with E-state index in [1.54, 1.807) is 29.6 Å². The molecule has 2 aromatic carbocycles. The fourth-order valence-corrected chi connectivity index (χ4v) is 9.34. The first-order chi connectivity index (χ1) is 28.8. The summed E-state index contributed by atoms with van der Waals surface area (Å²) in [6.45, 7) is 6.93. The minimum absolute atomic E-state index is 0.0246. The zero-order chi connectivity index (χ0) is 40.5. The Morgan fingerprint density at radius 2 is 1.66 bits per heavy atom. The van der Waals surface area contributed by atoms with Gasteiger partial charge in [0, 0.05) is 100 Å². The molecule has 6 heterocycles. The van der Waals surface area contributed by atoms with E-state index < -0.39 is 6.04 Å². The van der Waals surface area contributed by atoms with Gasteiger partial charge < -0.3 is 24.8 Å². The average molecular weight is 797 g/mol. The Labute approximate surface area is 342 Å². The van der Waals surface area contributed by atoms with Crippen LogP contribution >= 0.6 is 0 Å². The molecule has 1 aliphatic carbocycles. The second kappa shape index (κ2) is 16.6. The molecule has 4 aromatic rings. The van der Waals surface area contributed by atoms with Crippen molar-refractivity contribution in [2.24, 2.45) is 5.92 Å². The SMILES string of the molecule is N#Cc1ccc(O[C@H]2CC[C@H](NC(=O)c3cnc(N4CCC(CN5CCN(c6ccc7c(c6)CN([C@H]6CCC(=O)NC6=O)C7=O)CC5)CC4)nc3)CC2)c2cccnc12. The van der Waals surface area contributed by atoms with Crippen molar-refractivity contribution in [2.75, 3.05) is 55.6 Å². The maximum atomic E-state index is 13.1. The van der Waals surface area contributed by atoms with Crippen LogP contribution in [0.3, 0.4) is 0 Å². The maximum Gasteiger partial charge on any atom is 0.255 e. The molecule has 3 saturated heterocycles. The number of carbonyl (C=O) groups is 4. The zero-order valence-electron chi connectivity index (χ0n) is 33.0. The molecule has 0 bridgehead atoms. The minimum Gasteiger partial charge on any atom is -0.490 e. The highest BCUT2D eigenvalue weighted by molar-refractivity contribution is 6.05. The lowest BCUT2D eigenvalue weighted by molar-refractivity contribution is -0.136. The highest BCUT2D eigenvalue weighted by atomic mass is 16.5. The van der Waals surface area contributed by atoms with E-state index >= 15 is 0 Å². The van der Waals surface area contributed by atoms with Gasteiger partial charge >= 0.3 is 0 Å². The van der Waals surface area contributed by atoms with Gasteiger partial charge in [0.15, 0.2) is 0 Å². The number of benzene rings is 2. The van der Waals surface area contributed by atoms with E-state index in [1.807, 2.05) is 30.3 Å². The summed E-state index contributed by atoms with van der Waals surface area (Å²) in [5.74, 6) is 1.01. The first kappa shape index (κ1) is 38.4. The molecule has 4 fully saturated rings. The minimum atomic E-state index is -0.605. The van der Waals surface area contributed by atoms with Crippen LogP contribution < -0.4 is 25.2 Å². The van der Waals surface area contributed by atoms with Crippen LogP contribution in [0.15, 0.2) is 61.1 Å². The largest absolute Gasteiger partial charge is 0.490 e. The van der Waals surface area contributed by atoms with Gasteiger partial charge in [0.2, 0.25) is 17.8 Å². The monoisotopic (exact) mass is 796 g/mol. The number of anilines is 2. The number of pyridine rings is 1. The van der Waals surface area contributed by atoms with Crippen LogP contribution in [0.25, 0.3) is 10.9 Å². The smallest absolute Gasteiger partial charge is 0.255 e. The van der Waals surface area contributed by atoms with E-state index in [4.69, 9.17) is 4.74 Å². The summed E-state index contributed by atoms with van der Waals surface area (Å²) in [6, 6.07) is 15.0. The van der Waals surface area contributed by atoms with Gasteiger partial charge in [-0.2, -0.15) is 5.26 Å². The maximum absolute atomic E-state index is 13.1. The van der Waals surface area contributed by atoms with Crippen molar-refractivity contribution in [3.63, 3.8) is 0 Å². The molecular weight excluding hydrogens is 749 g/mol. The van der Waals surface area contributed by atoms with E-state index in [1.165, 1.54) is 0 Å². The number of carbonyl (C=O) groups excluding carboxylic acids is 4. The molecule has 15 heteroatoms. The number of piperazine rings is 1. The van der Waals surface area contributed by atoms with E-state index in [2.05, 4.69) is 52.4 Å². The molecule has 4 aliphatic heterocycles. The normalized spacial score (nSPS) is 22.9. The van der Waals surface area contributed by atoms with E-state index in [0.29, 0.717) is 47.0 Å². The Bertz CT molecular complexity index is 2290. The third kappa shape index (κ3) is 8.14. The quantitative estimate of drug-likeness (QED) is 0.235. The van der Waals surface area contributed by atoms with Gasteiger partial charge in [0.05, 0.1) is 22.7 Å². The Kier molecular flexibility index (Phi) is 10.8. The average Bonchev–Trinajstić information content (AvgIpc) is 3.59. The molecule has 2 aromatic heterocycles. The summed E-state index contributed by atoms with van der Waals surface area (Å²) in [5.41, 5.74) is 4.30. The molecule has 15 nitrogen and oxygen atoms in total. The number of piperidine rings is 2. The van der Waals surface area contributed by atoms with Crippen LogP contribution in [-0.2, 0) is 16.1 Å². The molecule has 1 atom stereocenters. The third-order valence-electron chi connectivity index (χ3n) is 12.7. The number of nitrogens with one attached hydrogen (secondary N) is 2. The highest BCUT2D eigenvalue weighted by Crippen LogP contribution is 2.33. The summed E-state index contributed by atoms with van der Waals surface area (Å²) in [5, 5.41) is 15.8. The van der Waals surface area contributed by atoms with Gasteiger partial charge in [-0.3, -0.25) is 34.4 Å². The Balaban J connectivity index is 0.693. The Morgan fingerprint density at radius 1 is 0.881 bits per heavy atom. The van der Waals surface area contributed by atoms with Gasteiger partial charge in [0.25, 0.3) is 11.8 Å². The van der Waals surface area contributed by atoms with Gasteiger partial charge in [0.1, 0.15) is 17.9 Å². The lowest BCUT2D eigenvalue weighted by Crippen LogP contribution is -2.52. The number of nitrogens with zero attached hydrogens (tertiary/aromatic N) is 8. The van der Waals surface area contributed by atoms with Gasteiger partial charge in [-0.25, -0.2) is 9.97 Å². The molecule has 0 unspecified atom stereocenters. The van der Waals surface area contributed by atoms with Crippen molar-refractivity contribution in [3.05, 3.63) is 83.3 Å². The predicted molar refractivity (Wildman–Crippen MR) is 219 cm³/mol. The summed E-state index contributed by atoms with van der Waals surface area (Å²) in [7, 11) is 0. The molecule has 2 N–H and O–H groups in total. The lowest BCUT2D eigenvalue weighted by atomic mass is 9.92. The van der Waals surface area contributed by atoms with E-state index in [9.17, 15) is 24.4 Å². The highest BCUT2D eigenvalue weighted by Gasteiger charge is 2.39. The number of imide groups is 1. The van der Waals surface area contributed by atoms with Crippen molar-refractivity contribution < 1.29 is 23.9 Å². The van der Waals surface area contributed by atoms with Crippen molar-refractivity contribution in [1.82, 2.24) is 35.4 Å². The van der Waals surface area contributed by atoms with Crippen LogP contribution in [-0.4, -0.2) is 112 Å². The number of fused-ring (bicyclic) bond motifs is 2. The fourth-order valence-electron chi connectivity index (χ4n) is 9.34. The number of nitriles is 1.